The van der Waals surface area contributed by atoms with Crippen LogP contribution in [-0.2, 0) is 0 Å². The minimum Gasteiger partial charge on any atom is -0.395 e. The van der Waals surface area contributed by atoms with Gasteiger partial charge >= 0.3 is 0 Å². The molecule has 0 aromatic heterocycles. The first-order chi connectivity index (χ1) is 14.3. The van der Waals surface area contributed by atoms with Gasteiger partial charge in [0, 0.05) is 6.10 Å². The van der Waals surface area contributed by atoms with Crippen molar-refractivity contribution in [1.29, 1.82) is 0 Å². The Bertz CT molecular complexity index is 780. The average Bonchev–Trinajstić information content (AvgIpc) is 2.99. The first-order valence-corrected chi connectivity index (χ1v) is 12.5. The monoisotopic (exact) mass is 410 g/mol. The Balaban J connectivity index is 1.61. The molecule has 8 radical (unpaired) electrons. The number of allylic oxidation sites excluding steroid dienone is 4. The van der Waals surface area contributed by atoms with Crippen LogP contribution in [0.3, 0.4) is 0 Å². The Morgan fingerprint density at radius 1 is 1.06 bits per heavy atom. The molecule has 4 rings (SSSR count). The predicted octanol–water partition coefficient (Wildman–Crippen LogP) is 5.33. The van der Waals surface area contributed by atoms with E-state index in [-0.39, 0.29) is 11.3 Å². The molecule has 0 aliphatic heterocycles. The number of hydrogen-bond acceptors (Lipinski definition) is 1. The Morgan fingerprint density at radius 3 is 2.45 bits per heavy atom. The highest BCUT2D eigenvalue weighted by atomic mass is 16.3. The first kappa shape index (κ1) is 23.8. The van der Waals surface area contributed by atoms with Crippen molar-refractivity contribution >= 4 is 31.4 Å². The molecule has 0 bridgehead atoms. The van der Waals surface area contributed by atoms with Gasteiger partial charge in [0.2, 0.25) is 0 Å². The van der Waals surface area contributed by atoms with Crippen LogP contribution in [0.5, 0.6) is 0 Å². The van der Waals surface area contributed by atoms with Gasteiger partial charge in [-0.1, -0.05) is 53.5 Å². The summed E-state index contributed by atoms with van der Waals surface area (Å²) in [6, 6.07) is 0. The van der Waals surface area contributed by atoms with Crippen LogP contribution < -0.4 is 0 Å². The minimum absolute atomic E-state index is 0.0135. The zero-order valence-corrected chi connectivity index (χ0v) is 20.2. The predicted molar refractivity (Wildman–Crippen MR) is 134 cm³/mol. The fraction of sp³-hybridized carbons (Fsp3) is 0.846. The van der Waals surface area contributed by atoms with E-state index in [1.54, 1.807) is 5.57 Å². The van der Waals surface area contributed by atoms with E-state index in [1.165, 1.54) is 49.7 Å². The molecule has 0 saturated heterocycles. The zero-order valence-electron chi connectivity index (χ0n) is 20.2. The largest absolute Gasteiger partial charge is 0.395 e. The van der Waals surface area contributed by atoms with Crippen LogP contribution in [0.1, 0.15) is 91.9 Å². The van der Waals surface area contributed by atoms with Gasteiger partial charge in [-0.05, 0) is 100 Å². The fourth-order valence-electron chi connectivity index (χ4n) is 8.48. The molecule has 6 atom stereocenters. The second-order valence-corrected chi connectivity index (χ2v) is 12.2. The number of unbranched alkanes of at least 4 members (excludes halogenated alkanes) is 1. The summed E-state index contributed by atoms with van der Waals surface area (Å²) in [6.07, 6.45) is 12.7. The van der Waals surface area contributed by atoms with Crippen molar-refractivity contribution < 1.29 is 5.11 Å². The van der Waals surface area contributed by atoms with Gasteiger partial charge < -0.3 is 5.11 Å². The summed E-state index contributed by atoms with van der Waals surface area (Å²) in [5, 5.41) is 8.25. The lowest BCUT2D eigenvalue weighted by Crippen LogP contribution is -2.58. The summed E-state index contributed by atoms with van der Waals surface area (Å²) in [5.74, 6) is 1.51. The van der Waals surface area contributed by atoms with Gasteiger partial charge in [-0.15, -0.1) is 0 Å². The van der Waals surface area contributed by atoms with Gasteiger partial charge in [0.15, 0.2) is 0 Å². The van der Waals surface area contributed by atoms with Crippen LogP contribution in [0.25, 0.3) is 0 Å². The number of fused-ring (bicyclic) bond motifs is 4. The molecule has 31 heavy (non-hydrogen) atoms. The molecule has 0 amide bonds. The van der Waals surface area contributed by atoms with Crippen molar-refractivity contribution in [1.82, 2.24) is 0 Å². The summed E-state index contributed by atoms with van der Waals surface area (Å²) < 4.78 is 0. The van der Waals surface area contributed by atoms with Gasteiger partial charge in [0.25, 0.3) is 0 Å². The number of rotatable bonds is 4. The van der Waals surface area contributed by atoms with Gasteiger partial charge in [-0.2, -0.15) is 0 Å². The highest BCUT2D eigenvalue weighted by Crippen LogP contribution is 2.70. The maximum Gasteiger partial charge on any atom is 0.0658 e. The molecule has 2 saturated carbocycles. The standard InChI is InChI=1S/C26H38B4O/c1-16(2)7-5-6-8-17-9-11-19-18-10-12-21-24(4,20(18)13-14-23(17,19)3)15-25(27,28)22(31)26(21,29)30/h7,17,19,21-22,31H,5-6,8-15H2,1-4H3. The van der Waals surface area contributed by atoms with E-state index >= 15 is 0 Å². The summed E-state index contributed by atoms with van der Waals surface area (Å²) in [7, 11) is 25.9. The Hall–Kier alpha value is -0.300. The van der Waals surface area contributed by atoms with Crippen molar-refractivity contribution in [3.05, 3.63) is 22.8 Å². The maximum absolute atomic E-state index is 10.8. The summed E-state index contributed by atoms with van der Waals surface area (Å²) in [5.41, 5.74) is 4.82. The fourth-order valence-corrected chi connectivity index (χ4v) is 8.48. The van der Waals surface area contributed by atoms with Crippen LogP contribution in [0, 0.1) is 28.6 Å². The third kappa shape index (κ3) is 3.68. The van der Waals surface area contributed by atoms with Crippen molar-refractivity contribution in [2.45, 2.75) is 108 Å². The Kier molecular flexibility index (Phi) is 6.06. The van der Waals surface area contributed by atoms with Gasteiger partial charge in [-0.25, -0.2) is 0 Å². The smallest absolute Gasteiger partial charge is 0.0658 e. The molecule has 0 spiro atoms. The van der Waals surface area contributed by atoms with Crippen molar-refractivity contribution in [2.75, 3.05) is 0 Å². The quantitative estimate of drug-likeness (QED) is 0.378. The molecule has 4 aliphatic rings. The van der Waals surface area contributed by atoms with E-state index in [0.29, 0.717) is 17.8 Å². The van der Waals surface area contributed by atoms with E-state index in [0.717, 1.165) is 25.2 Å². The molecular formula is C26H38B4O. The van der Waals surface area contributed by atoms with Crippen molar-refractivity contribution in [2.24, 2.45) is 28.6 Å². The highest BCUT2D eigenvalue weighted by molar-refractivity contribution is 6.45. The van der Waals surface area contributed by atoms with E-state index in [2.05, 4.69) is 33.8 Å². The topological polar surface area (TPSA) is 20.2 Å². The second kappa shape index (κ2) is 7.89. The Morgan fingerprint density at radius 2 is 1.77 bits per heavy atom. The van der Waals surface area contributed by atoms with E-state index in [1.807, 2.05) is 0 Å². The van der Waals surface area contributed by atoms with Crippen LogP contribution in [0.2, 0.25) is 10.4 Å². The summed E-state index contributed by atoms with van der Waals surface area (Å²) in [4.78, 5) is 0. The molecule has 160 valence electrons. The number of hydrogen-bond donors (Lipinski definition) is 1. The second-order valence-electron chi connectivity index (χ2n) is 12.2. The lowest BCUT2D eigenvalue weighted by molar-refractivity contribution is -0.00859. The number of aliphatic hydroxyl groups excluding tert-OH is 1. The normalized spacial score (nSPS) is 43.0. The molecule has 5 heteroatoms. The minimum atomic E-state index is -1.26. The molecule has 6 unspecified atom stereocenters. The van der Waals surface area contributed by atoms with E-state index < -0.39 is 16.5 Å². The molecule has 0 aromatic carbocycles. The zero-order chi connectivity index (χ0) is 22.8. The van der Waals surface area contributed by atoms with Crippen LogP contribution in [-0.4, -0.2) is 42.6 Å². The van der Waals surface area contributed by atoms with Crippen LogP contribution in [0.15, 0.2) is 22.8 Å². The van der Waals surface area contributed by atoms with Gasteiger partial charge in [0.05, 0.1) is 31.4 Å². The van der Waals surface area contributed by atoms with E-state index in [9.17, 15) is 5.11 Å². The molecule has 4 aliphatic carbocycles. The lowest BCUT2D eigenvalue weighted by Gasteiger charge is -2.65. The van der Waals surface area contributed by atoms with E-state index in [4.69, 9.17) is 31.4 Å². The van der Waals surface area contributed by atoms with Crippen LogP contribution in [0.4, 0.5) is 0 Å². The summed E-state index contributed by atoms with van der Waals surface area (Å²) in [6.45, 7) is 9.22. The maximum atomic E-state index is 10.8. The molecule has 1 nitrogen and oxygen atoms in total. The first-order valence-electron chi connectivity index (χ1n) is 12.5. The average molecular weight is 410 g/mol. The molecule has 1 N–H and O–H groups in total. The molecule has 2 fully saturated rings. The lowest BCUT2D eigenvalue weighted by atomic mass is 9.26. The highest BCUT2D eigenvalue weighted by Gasteiger charge is 2.61. The van der Waals surface area contributed by atoms with Crippen molar-refractivity contribution in [3.8, 4) is 0 Å². The summed E-state index contributed by atoms with van der Waals surface area (Å²) >= 11 is 0. The number of aliphatic hydroxyl groups is 1. The van der Waals surface area contributed by atoms with Gasteiger partial charge in [-0.3, -0.25) is 0 Å². The molecular weight excluding hydrogens is 372 g/mol. The van der Waals surface area contributed by atoms with Gasteiger partial charge in [0.1, 0.15) is 0 Å². The molecule has 0 heterocycles. The SMILES string of the molecule is [B]C1([B])CC2(C)C3=C(CCC2C([B])([B])C1O)C1CCC(CCCC=C(C)C)C1(C)CC3. The molecule has 0 aromatic rings. The third-order valence-corrected chi connectivity index (χ3v) is 9.98. The van der Waals surface area contributed by atoms with Crippen molar-refractivity contribution in [3.63, 3.8) is 0 Å². The third-order valence-electron chi connectivity index (χ3n) is 9.98. The Labute approximate surface area is 196 Å². The van der Waals surface area contributed by atoms with Crippen LogP contribution >= 0.6 is 0 Å².